The summed E-state index contributed by atoms with van der Waals surface area (Å²) in [6.07, 6.45) is 0. The van der Waals surface area contributed by atoms with Crippen molar-refractivity contribution >= 4 is 39.9 Å². The molecule has 0 atom stereocenters. The number of anilines is 1. The van der Waals surface area contributed by atoms with E-state index in [1.165, 1.54) is 0 Å². The molecule has 0 saturated heterocycles. The predicted octanol–water partition coefficient (Wildman–Crippen LogP) is 4.12. The number of amides is 1. The van der Waals surface area contributed by atoms with Crippen molar-refractivity contribution < 1.29 is 4.79 Å². The molecule has 0 spiro atoms. The van der Waals surface area contributed by atoms with Gasteiger partial charge in [0, 0.05) is 15.7 Å². The smallest absolute Gasteiger partial charge is 0.255 e. The van der Waals surface area contributed by atoms with Crippen LogP contribution in [0.2, 0.25) is 0 Å². The summed E-state index contributed by atoms with van der Waals surface area (Å²) in [6.45, 7) is 0. The van der Waals surface area contributed by atoms with Gasteiger partial charge in [0.15, 0.2) is 0 Å². The standard InChI is InChI=1S/C13H10BrNO.ClH/c14-11-6-8-12(9-7-11)15-13(16)10-4-2-1-3-5-10;/h1-9H,(H,15,16);1H. The molecule has 0 aliphatic rings. The van der Waals surface area contributed by atoms with Crippen LogP contribution in [0.1, 0.15) is 10.4 Å². The SMILES string of the molecule is Cl.O=C(Nc1ccc(Br)cc1)c1ccccc1. The van der Waals surface area contributed by atoms with Crippen molar-refractivity contribution in [2.75, 3.05) is 5.32 Å². The van der Waals surface area contributed by atoms with Crippen molar-refractivity contribution in [3.05, 3.63) is 64.6 Å². The molecular formula is C13H11BrClNO. The predicted molar refractivity (Wildman–Crippen MR) is 75.8 cm³/mol. The van der Waals surface area contributed by atoms with Gasteiger partial charge in [-0.05, 0) is 36.4 Å². The van der Waals surface area contributed by atoms with E-state index in [1.54, 1.807) is 12.1 Å². The molecule has 0 fully saturated rings. The molecule has 4 heteroatoms. The van der Waals surface area contributed by atoms with E-state index in [-0.39, 0.29) is 18.3 Å². The molecule has 2 rings (SSSR count). The van der Waals surface area contributed by atoms with Gasteiger partial charge in [0.25, 0.3) is 5.91 Å². The van der Waals surface area contributed by atoms with E-state index in [0.717, 1.165) is 10.2 Å². The van der Waals surface area contributed by atoms with Crippen LogP contribution < -0.4 is 5.32 Å². The van der Waals surface area contributed by atoms with E-state index in [9.17, 15) is 4.79 Å². The van der Waals surface area contributed by atoms with Crippen LogP contribution in [0.25, 0.3) is 0 Å². The van der Waals surface area contributed by atoms with Crippen molar-refractivity contribution in [1.82, 2.24) is 0 Å². The van der Waals surface area contributed by atoms with Gasteiger partial charge >= 0.3 is 0 Å². The lowest BCUT2D eigenvalue weighted by atomic mass is 10.2. The zero-order valence-corrected chi connectivity index (χ0v) is 11.3. The largest absolute Gasteiger partial charge is 0.322 e. The molecule has 0 bridgehead atoms. The summed E-state index contributed by atoms with van der Waals surface area (Å²) in [5.41, 5.74) is 1.45. The highest BCUT2D eigenvalue weighted by atomic mass is 79.9. The number of hydrogen-bond acceptors (Lipinski definition) is 1. The highest BCUT2D eigenvalue weighted by Gasteiger charge is 2.04. The number of carbonyl (C=O) groups is 1. The molecule has 0 saturated carbocycles. The van der Waals surface area contributed by atoms with E-state index < -0.39 is 0 Å². The molecule has 1 N–H and O–H groups in total. The Morgan fingerprint density at radius 2 is 1.53 bits per heavy atom. The van der Waals surface area contributed by atoms with E-state index in [4.69, 9.17) is 0 Å². The fourth-order valence-corrected chi connectivity index (χ4v) is 1.59. The number of hydrogen-bond donors (Lipinski definition) is 1. The molecule has 0 radical (unpaired) electrons. The van der Waals surface area contributed by atoms with E-state index in [0.29, 0.717) is 5.56 Å². The van der Waals surface area contributed by atoms with Gasteiger partial charge in [0.1, 0.15) is 0 Å². The van der Waals surface area contributed by atoms with Gasteiger partial charge < -0.3 is 5.32 Å². The Morgan fingerprint density at radius 1 is 0.941 bits per heavy atom. The Balaban J connectivity index is 0.00000144. The Hall–Kier alpha value is -1.32. The van der Waals surface area contributed by atoms with Gasteiger partial charge in [-0.25, -0.2) is 0 Å². The number of nitrogens with one attached hydrogen (secondary N) is 1. The van der Waals surface area contributed by atoms with Crippen molar-refractivity contribution in [2.45, 2.75) is 0 Å². The molecule has 0 aromatic heterocycles. The molecule has 0 unspecified atom stereocenters. The monoisotopic (exact) mass is 311 g/mol. The molecule has 17 heavy (non-hydrogen) atoms. The molecule has 1 amide bonds. The van der Waals surface area contributed by atoms with E-state index in [1.807, 2.05) is 42.5 Å². The summed E-state index contributed by atoms with van der Waals surface area (Å²) in [6, 6.07) is 16.6. The van der Waals surface area contributed by atoms with Gasteiger partial charge in [-0.1, -0.05) is 34.1 Å². The second-order valence-corrected chi connectivity index (χ2v) is 4.24. The topological polar surface area (TPSA) is 29.1 Å². The van der Waals surface area contributed by atoms with Crippen LogP contribution in [0.15, 0.2) is 59.1 Å². The van der Waals surface area contributed by atoms with Crippen molar-refractivity contribution in [3.8, 4) is 0 Å². The van der Waals surface area contributed by atoms with Crippen LogP contribution in [0.3, 0.4) is 0 Å². The molecule has 0 aliphatic carbocycles. The van der Waals surface area contributed by atoms with Crippen LogP contribution in [0.5, 0.6) is 0 Å². The first kappa shape index (κ1) is 13.7. The van der Waals surface area contributed by atoms with Crippen molar-refractivity contribution in [2.24, 2.45) is 0 Å². The summed E-state index contributed by atoms with van der Waals surface area (Å²) in [7, 11) is 0. The van der Waals surface area contributed by atoms with Crippen LogP contribution in [-0.4, -0.2) is 5.91 Å². The first-order valence-electron chi connectivity index (χ1n) is 4.88. The highest BCUT2D eigenvalue weighted by Crippen LogP contribution is 2.14. The quantitative estimate of drug-likeness (QED) is 0.888. The lowest BCUT2D eigenvalue weighted by Crippen LogP contribution is -2.11. The zero-order chi connectivity index (χ0) is 11.4. The lowest BCUT2D eigenvalue weighted by molar-refractivity contribution is 0.102. The van der Waals surface area contributed by atoms with Crippen LogP contribution in [-0.2, 0) is 0 Å². The highest BCUT2D eigenvalue weighted by molar-refractivity contribution is 9.10. The Bertz CT molecular complexity index is 485. The average molecular weight is 313 g/mol. The molecule has 0 aliphatic heterocycles. The number of benzene rings is 2. The number of carbonyl (C=O) groups excluding carboxylic acids is 1. The summed E-state index contributed by atoms with van der Waals surface area (Å²) in [5, 5.41) is 2.83. The van der Waals surface area contributed by atoms with Crippen LogP contribution >= 0.6 is 28.3 Å². The normalized spacial score (nSPS) is 9.24. The minimum absolute atomic E-state index is 0. The molecule has 2 nitrogen and oxygen atoms in total. The van der Waals surface area contributed by atoms with Crippen molar-refractivity contribution in [1.29, 1.82) is 0 Å². The first-order valence-corrected chi connectivity index (χ1v) is 5.67. The third-order valence-corrected chi connectivity index (χ3v) is 2.67. The zero-order valence-electron chi connectivity index (χ0n) is 8.89. The molecule has 2 aromatic carbocycles. The fourth-order valence-electron chi connectivity index (χ4n) is 1.33. The summed E-state index contributed by atoms with van der Waals surface area (Å²) in [4.78, 5) is 11.8. The minimum atomic E-state index is -0.0945. The van der Waals surface area contributed by atoms with E-state index in [2.05, 4.69) is 21.2 Å². The van der Waals surface area contributed by atoms with Gasteiger partial charge in [0.05, 0.1) is 0 Å². The van der Waals surface area contributed by atoms with E-state index >= 15 is 0 Å². The molecule has 2 aromatic rings. The molecule has 0 heterocycles. The first-order chi connectivity index (χ1) is 7.75. The summed E-state index contributed by atoms with van der Waals surface area (Å²) < 4.78 is 0.991. The number of rotatable bonds is 2. The fraction of sp³-hybridized carbons (Fsp3) is 0. The number of halogens is 2. The van der Waals surface area contributed by atoms with Gasteiger partial charge in [-0.3, -0.25) is 4.79 Å². The second-order valence-electron chi connectivity index (χ2n) is 3.33. The molecular weight excluding hydrogens is 302 g/mol. The van der Waals surface area contributed by atoms with Gasteiger partial charge in [-0.2, -0.15) is 0 Å². The maximum absolute atomic E-state index is 11.8. The third kappa shape index (κ3) is 3.88. The maximum Gasteiger partial charge on any atom is 0.255 e. The molecule has 88 valence electrons. The van der Waals surface area contributed by atoms with Gasteiger partial charge in [-0.15, -0.1) is 12.4 Å². The van der Waals surface area contributed by atoms with Crippen LogP contribution in [0, 0.1) is 0 Å². The Morgan fingerprint density at radius 3 is 2.12 bits per heavy atom. The third-order valence-electron chi connectivity index (χ3n) is 2.14. The van der Waals surface area contributed by atoms with Crippen molar-refractivity contribution in [3.63, 3.8) is 0 Å². The second kappa shape index (κ2) is 6.42. The Labute approximate surface area is 115 Å². The van der Waals surface area contributed by atoms with Crippen LogP contribution in [0.4, 0.5) is 5.69 Å². The summed E-state index contributed by atoms with van der Waals surface area (Å²) >= 11 is 3.34. The average Bonchev–Trinajstić information content (AvgIpc) is 2.33. The Kier molecular flexibility index (Phi) is 5.19. The van der Waals surface area contributed by atoms with Gasteiger partial charge in [0.2, 0.25) is 0 Å². The minimum Gasteiger partial charge on any atom is -0.322 e. The summed E-state index contributed by atoms with van der Waals surface area (Å²) in [5.74, 6) is -0.0945. The lowest BCUT2D eigenvalue weighted by Gasteiger charge is -2.04. The maximum atomic E-state index is 11.8.